The molecule has 0 aromatic carbocycles. The third-order valence-corrected chi connectivity index (χ3v) is 3.60. The highest BCUT2D eigenvalue weighted by molar-refractivity contribution is 4.88. The summed E-state index contributed by atoms with van der Waals surface area (Å²) in [5, 5.41) is 0. The first-order valence-corrected chi connectivity index (χ1v) is 6.24. The first kappa shape index (κ1) is 13.8. The third kappa shape index (κ3) is 3.98. The number of hydrogen-bond donors (Lipinski definition) is 1. The maximum Gasteiger partial charge on any atom is 0.261 e. The van der Waals surface area contributed by atoms with Crippen LogP contribution in [0.25, 0.3) is 0 Å². The van der Waals surface area contributed by atoms with Gasteiger partial charge >= 0.3 is 0 Å². The predicted octanol–water partition coefficient (Wildman–Crippen LogP) is 2.96. The summed E-state index contributed by atoms with van der Waals surface area (Å²) in [5.74, 6) is 0.736. The fourth-order valence-electron chi connectivity index (χ4n) is 2.55. The summed E-state index contributed by atoms with van der Waals surface area (Å²) in [7, 11) is 0. The average molecular weight is 235 g/mol. The number of ether oxygens (including phenoxy) is 1. The molecule has 16 heavy (non-hydrogen) atoms. The molecule has 0 radical (unpaired) electrons. The molecule has 2 nitrogen and oxygen atoms in total. The summed E-state index contributed by atoms with van der Waals surface area (Å²) in [5.41, 5.74) is 5.20. The van der Waals surface area contributed by atoms with Gasteiger partial charge in [-0.2, -0.15) is 0 Å². The highest BCUT2D eigenvalue weighted by Crippen LogP contribution is 2.36. The zero-order valence-corrected chi connectivity index (χ0v) is 10.1. The third-order valence-electron chi connectivity index (χ3n) is 3.60. The minimum atomic E-state index is -2.39. The van der Waals surface area contributed by atoms with Crippen molar-refractivity contribution in [3.05, 3.63) is 0 Å². The summed E-state index contributed by atoms with van der Waals surface area (Å²) in [6.45, 7) is 2.06. The zero-order chi connectivity index (χ0) is 12.0. The van der Waals surface area contributed by atoms with E-state index < -0.39 is 18.6 Å². The molecule has 0 aliphatic heterocycles. The van der Waals surface area contributed by atoms with Crippen LogP contribution in [0.1, 0.15) is 45.4 Å². The molecular weight excluding hydrogens is 212 g/mol. The van der Waals surface area contributed by atoms with E-state index in [9.17, 15) is 8.78 Å². The number of halogens is 2. The minimum Gasteiger partial charge on any atom is -0.368 e. The van der Waals surface area contributed by atoms with Crippen LogP contribution in [0, 0.1) is 5.92 Å². The van der Waals surface area contributed by atoms with E-state index in [-0.39, 0.29) is 0 Å². The van der Waals surface area contributed by atoms with E-state index in [2.05, 4.69) is 6.92 Å². The SMILES string of the molecule is CCCC1CCC(CN)(OCC(F)F)CC1. The molecule has 0 amide bonds. The van der Waals surface area contributed by atoms with Crippen LogP contribution in [0.2, 0.25) is 0 Å². The lowest BCUT2D eigenvalue weighted by molar-refractivity contribution is -0.107. The predicted molar refractivity (Wildman–Crippen MR) is 60.6 cm³/mol. The van der Waals surface area contributed by atoms with Crippen molar-refractivity contribution in [2.45, 2.75) is 57.5 Å². The van der Waals surface area contributed by atoms with Crippen molar-refractivity contribution in [3.63, 3.8) is 0 Å². The summed E-state index contributed by atoms with van der Waals surface area (Å²) in [4.78, 5) is 0. The lowest BCUT2D eigenvalue weighted by atomic mass is 9.77. The Kier molecular flexibility index (Phi) is 5.62. The molecule has 1 aliphatic rings. The highest BCUT2D eigenvalue weighted by Gasteiger charge is 2.35. The van der Waals surface area contributed by atoms with Gasteiger partial charge in [-0.1, -0.05) is 19.8 Å². The van der Waals surface area contributed by atoms with Crippen LogP contribution in [-0.2, 0) is 4.74 Å². The molecule has 0 aromatic rings. The van der Waals surface area contributed by atoms with Gasteiger partial charge in [0.05, 0.1) is 5.60 Å². The first-order chi connectivity index (χ1) is 7.62. The van der Waals surface area contributed by atoms with Crippen molar-refractivity contribution in [3.8, 4) is 0 Å². The van der Waals surface area contributed by atoms with Gasteiger partial charge in [0.1, 0.15) is 6.61 Å². The van der Waals surface area contributed by atoms with Gasteiger partial charge < -0.3 is 10.5 Å². The molecule has 0 unspecified atom stereocenters. The molecule has 0 spiro atoms. The first-order valence-electron chi connectivity index (χ1n) is 6.24. The smallest absolute Gasteiger partial charge is 0.261 e. The maximum atomic E-state index is 12.1. The van der Waals surface area contributed by atoms with Crippen molar-refractivity contribution >= 4 is 0 Å². The Morgan fingerprint density at radius 2 is 2.00 bits per heavy atom. The number of rotatable bonds is 6. The monoisotopic (exact) mass is 235 g/mol. The molecule has 1 saturated carbocycles. The molecular formula is C12H23F2NO. The van der Waals surface area contributed by atoms with Crippen LogP contribution in [0.5, 0.6) is 0 Å². The fraction of sp³-hybridized carbons (Fsp3) is 1.00. The van der Waals surface area contributed by atoms with E-state index in [1.54, 1.807) is 0 Å². The fourth-order valence-corrected chi connectivity index (χ4v) is 2.55. The van der Waals surface area contributed by atoms with E-state index in [0.29, 0.717) is 6.54 Å². The van der Waals surface area contributed by atoms with Crippen molar-refractivity contribution in [1.29, 1.82) is 0 Å². The van der Waals surface area contributed by atoms with E-state index in [4.69, 9.17) is 10.5 Å². The number of hydrogen-bond acceptors (Lipinski definition) is 2. The lowest BCUT2D eigenvalue weighted by Gasteiger charge is -2.39. The lowest BCUT2D eigenvalue weighted by Crippen LogP contribution is -2.45. The maximum absolute atomic E-state index is 12.1. The summed E-state index contributed by atoms with van der Waals surface area (Å²) in [6.07, 6.45) is 3.83. The Hall–Kier alpha value is -0.220. The molecule has 0 aromatic heterocycles. The molecule has 0 saturated heterocycles. The zero-order valence-electron chi connectivity index (χ0n) is 10.1. The second-order valence-electron chi connectivity index (χ2n) is 4.82. The molecule has 0 heterocycles. The van der Waals surface area contributed by atoms with Crippen molar-refractivity contribution in [1.82, 2.24) is 0 Å². The summed E-state index contributed by atoms with van der Waals surface area (Å²) >= 11 is 0. The topological polar surface area (TPSA) is 35.2 Å². The second kappa shape index (κ2) is 6.50. The van der Waals surface area contributed by atoms with Gasteiger partial charge in [-0.3, -0.25) is 0 Å². The van der Waals surface area contributed by atoms with Crippen LogP contribution in [0.15, 0.2) is 0 Å². The molecule has 0 bridgehead atoms. The van der Waals surface area contributed by atoms with Gasteiger partial charge in [0, 0.05) is 6.54 Å². The average Bonchev–Trinajstić information content (AvgIpc) is 2.29. The Bertz CT molecular complexity index is 191. The van der Waals surface area contributed by atoms with Crippen molar-refractivity contribution < 1.29 is 13.5 Å². The van der Waals surface area contributed by atoms with Crippen LogP contribution < -0.4 is 5.73 Å². The molecule has 1 aliphatic carbocycles. The van der Waals surface area contributed by atoms with Gasteiger partial charge in [0.15, 0.2) is 0 Å². The van der Waals surface area contributed by atoms with E-state index >= 15 is 0 Å². The molecule has 4 heteroatoms. The normalized spacial score (nSPS) is 30.9. The molecule has 96 valence electrons. The largest absolute Gasteiger partial charge is 0.368 e. The Morgan fingerprint density at radius 1 is 1.38 bits per heavy atom. The highest BCUT2D eigenvalue weighted by atomic mass is 19.3. The van der Waals surface area contributed by atoms with Gasteiger partial charge in [0.25, 0.3) is 6.43 Å². The molecule has 1 rings (SSSR count). The van der Waals surface area contributed by atoms with Crippen molar-refractivity contribution in [2.24, 2.45) is 11.7 Å². The Labute approximate surface area is 96.5 Å². The van der Waals surface area contributed by atoms with Gasteiger partial charge in [0.2, 0.25) is 0 Å². The van der Waals surface area contributed by atoms with E-state index in [1.807, 2.05) is 0 Å². The van der Waals surface area contributed by atoms with Gasteiger partial charge in [-0.15, -0.1) is 0 Å². The summed E-state index contributed by atoms with van der Waals surface area (Å²) < 4.78 is 29.6. The van der Waals surface area contributed by atoms with Crippen LogP contribution >= 0.6 is 0 Å². The molecule has 1 fully saturated rings. The Balaban J connectivity index is 2.38. The van der Waals surface area contributed by atoms with Crippen molar-refractivity contribution in [2.75, 3.05) is 13.2 Å². The number of nitrogens with two attached hydrogens (primary N) is 1. The van der Waals surface area contributed by atoms with Crippen LogP contribution in [0.3, 0.4) is 0 Å². The van der Waals surface area contributed by atoms with E-state index in [0.717, 1.165) is 31.6 Å². The summed E-state index contributed by atoms with van der Waals surface area (Å²) in [6, 6.07) is 0. The van der Waals surface area contributed by atoms with Gasteiger partial charge in [-0.25, -0.2) is 8.78 Å². The molecule has 2 N–H and O–H groups in total. The van der Waals surface area contributed by atoms with Crippen LogP contribution in [-0.4, -0.2) is 25.2 Å². The van der Waals surface area contributed by atoms with Gasteiger partial charge in [-0.05, 0) is 31.6 Å². The quantitative estimate of drug-likeness (QED) is 0.768. The Morgan fingerprint density at radius 3 is 2.44 bits per heavy atom. The van der Waals surface area contributed by atoms with Crippen LogP contribution in [0.4, 0.5) is 8.78 Å². The van der Waals surface area contributed by atoms with E-state index in [1.165, 1.54) is 12.8 Å². The minimum absolute atomic E-state index is 0.360. The second-order valence-corrected chi connectivity index (χ2v) is 4.82. The molecule has 0 atom stereocenters. The standard InChI is InChI=1S/C12H23F2NO/c1-2-3-10-4-6-12(9-15,7-5-10)16-8-11(13)14/h10-11H,2-9,15H2,1H3. The number of alkyl halides is 2.